The van der Waals surface area contributed by atoms with E-state index in [4.69, 9.17) is 4.74 Å². The highest BCUT2D eigenvalue weighted by Gasteiger charge is 2.42. The molecule has 1 atom stereocenters. The van der Waals surface area contributed by atoms with Crippen LogP contribution in [0.3, 0.4) is 0 Å². The maximum atomic E-state index is 5.64. The third kappa shape index (κ3) is 3.59. The summed E-state index contributed by atoms with van der Waals surface area (Å²) in [5, 5.41) is 3.54. The van der Waals surface area contributed by atoms with Crippen LogP contribution in [-0.4, -0.2) is 62.3 Å². The number of nitrogens with zero attached hydrogens (tertiary/aromatic N) is 4. The zero-order valence-corrected chi connectivity index (χ0v) is 15.2. The van der Waals surface area contributed by atoms with Crippen LogP contribution in [0.5, 0.6) is 0 Å². The van der Waals surface area contributed by atoms with Crippen molar-refractivity contribution < 1.29 is 4.74 Å². The smallest absolute Gasteiger partial charge is 0.193 e. The van der Waals surface area contributed by atoms with E-state index in [1.54, 1.807) is 0 Å². The predicted octanol–water partition coefficient (Wildman–Crippen LogP) is 1.87. The molecule has 1 aromatic heterocycles. The predicted molar refractivity (Wildman–Crippen MR) is 99.9 cm³/mol. The first-order valence-electron chi connectivity index (χ1n) is 9.51. The maximum absolute atomic E-state index is 5.64. The van der Waals surface area contributed by atoms with Crippen LogP contribution in [-0.2, 0) is 11.3 Å². The van der Waals surface area contributed by atoms with Crippen LogP contribution in [0.1, 0.15) is 31.2 Å². The summed E-state index contributed by atoms with van der Waals surface area (Å²) in [6.07, 6.45) is 6.87. The van der Waals surface area contributed by atoms with E-state index < -0.39 is 0 Å². The average Bonchev–Trinajstić information content (AvgIpc) is 3.40. The van der Waals surface area contributed by atoms with E-state index in [2.05, 4.69) is 37.2 Å². The monoisotopic (exact) mass is 343 g/mol. The summed E-state index contributed by atoms with van der Waals surface area (Å²) < 4.78 is 5.64. The molecule has 0 aromatic carbocycles. The van der Waals surface area contributed by atoms with Crippen molar-refractivity contribution >= 4 is 11.8 Å². The minimum absolute atomic E-state index is 0.358. The lowest BCUT2D eigenvalue weighted by molar-refractivity contribution is 0.156. The summed E-state index contributed by atoms with van der Waals surface area (Å²) in [6, 6.07) is 4.30. The van der Waals surface area contributed by atoms with Crippen molar-refractivity contribution in [3.63, 3.8) is 0 Å². The zero-order valence-electron chi connectivity index (χ0n) is 15.2. The van der Waals surface area contributed by atoms with Crippen molar-refractivity contribution in [2.45, 2.75) is 32.2 Å². The van der Waals surface area contributed by atoms with Crippen molar-refractivity contribution in [3.05, 3.63) is 23.9 Å². The van der Waals surface area contributed by atoms with Crippen molar-refractivity contribution in [1.29, 1.82) is 0 Å². The molecule has 0 amide bonds. The Bertz CT molecular complexity index is 620. The van der Waals surface area contributed by atoms with Crippen molar-refractivity contribution in [3.8, 4) is 0 Å². The lowest BCUT2D eigenvalue weighted by atomic mass is 9.87. The summed E-state index contributed by atoms with van der Waals surface area (Å²) in [6.45, 7) is 6.99. The fourth-order valence-corrected chi connectivity index (χ4v) is 4.29. The second-order valence-corrected chi connectivity index (χ2v) is 7.59. The van der Waals surface area contributed by atoms with Gasteiger partial charge in [-0.25, -0.2) is 4.98 Å². The number of pyridine rings is 1. The van der Waals surface area contributed by atoms with E-state index in [1.807, 2.05) is 13.2 Å². The number of guanidine groups is 1. The van der Waals surface area contributed by atoms with Crippen LogP contribution in [0, 0.1) is 5.41 Å². The number of ether oxygens (including phenoxy) is 1. The highest BCUT2D eigenvalue weighted by atomic mass is 16.5. The zero-order chi connectivity index (χ0) is 17.1. The van der Waals surface area contributed by atoms with E-state index in [1.165, 1.54) is 31.2 Å². The first kappa shape index (κ1) is 16.6. The quantitative estimate of drug-likeness (QED) is 0.671. The minimum atomic E-state index is 0.358. The van der Waals surface area contributed by atoms with Crippen LogP contribution in [0.2, 0.25) is 0 Å². The third-order valence-corrected chi connectivity index (χ3v) is 5.83. The van der Waals surface area contributed by atoms with Gasteiger partial charge in [0.1, 0.15) is 5.82 Å². The largest absolute Gasteiger partial charge is 0.381 e. The Morgan fingerprint density at radius 2 is 2.20 bits per heavy atom. The van der Waals surface area contributed by atoms with E-state index >= 15 is 0 Å². The highest BCUT2D eigenvalue weighted by molar-refractivity contribution is 5.80. The van der Waals surface area contributed by atoms with Gasteiger partial charge in [-0.15, -0.1) is 0 Å². The molecule has 0 bridgehead atoms. The number of hydrogen-bond donors (Lipinski definition) is 1. The van der Waals surface area contributed by atoms with Gasteiger partial charge in [0.25, 0.3) is 0 Å². The molecule has 3 fully saturated rings. The molecular formula is C19H29N5O. The van der Waals surface area contributed by atoms with Crippen LogP contribution in [0.25, 0.3) is 0 Å². The Hall–Kier alpha value is -1.82. The average molecular weight is 343 g/mol. The number of hydrogen-bond acceptors (Lipinski definition) is 4. The van der Waals surface area contributed by atoms with Crippen molar-refractivity contribution in [1.82, 2.24) is 15.2 Å². The number of anilines is 1. The molecule has 6 heteroatoms. The molecule has 0 saturated carbocycles. The second-order valence-electron chi connectivity index (χ2n) is 7.59. The summed E-state index contributed by atoms with van der Waals surface area (Å²) in [5.41, 5.74) is 1.62. The van der Waals surface area contributed by atoms with Gasteiger partial charge in [-0.1, -0.05) is 0 Å². The van der Waals surface area contributed by atoms with Gasteiger partial charge < -0.3 is 19.9 Å². The van der Waals surface area contributed by atoms with Gasteiger partial charge in [0.2, 0.25) is 0 Å². The number of likely N-dealkylation sites (tertiary alicyclic amines) is 1. The number of aliphatic imine (C=N–C) groups is 1. The molecule has 3 aliphatic rings. The number of aromatic nitrogens is 1. The van der Waals surface area contributed by atoms with E-state index in [0.717, 1.165) is 57.7 Å². The lowest BCUT2D eigenvalue weighted by Gasteiger charge is -2.25. The molecule has 1 unspecified atom stereocenters. The summed E-state index contributed by atoms with van der Waals surface area (Å²) in [5.74, 6) is 2.11. The van der Waals surface area contributed by atoms with Gasteiger partial charge in [-0.3, -0.25) is 4.99 Å². The second kappa shape index (κ2) is 7.20. The molecule has 4 rings (SSSR count). The normalized spacial score (nSPS) is 26.8. The van der Waals surface area contributed by atoms with Gasteiger partial charge >= 0.3 is 0 Å². The molecule has 3 saturated heterocycles. The van der Waals surface area contributed by atoms with Gasteiger partial charge in [0.15, 0.2) is 5.96 Å². The molecular weight excluding hydrogens is 314 g/mol. The van der Waals surface area contributed by atoms with Crippen molar-refractivity contribution in [2.75, 3.05) is 51.3 Å². The van der Waals surface area contributed by atoms with Gasteiger partial charge in [-0.05, 0) is 43.4 Å². The highest BCUT2D eigenvalue weighted by Crippen LogP contribution is 2.38. The summed E-state index contributed by atoms with van der Waals surface area (Å²) in [4.78, 5) is 13.8. The molecule has 3 aliphatic heterocycles. The summed E-state index contributed by atoms with van der Waals surface area (Å²) >= 11 is 0. The van der Waals surface area contributed by atoms with Crippen LogP contribution in [0.15, 0.2) is 23.3 Å². The molecule has 6 nitrogen and oxygen atoms in total. The molecule has 4 heterocycles. The fourth-order valence-electron chi connectivity index (χ4n) is 4.29. The Labute approximate surface area is 150 Å². The Morgan fingerprint density at radius 3 is 2.96 bits per heavy atom. The minimum Gasteiger partial charge on any atom is -0.381 e. The van der Waals surface area contributed by atoms with Crippen LogP contribution < -0.4 is 10.2 Å². The SMILES string of the molecule is CN=C(NCc1ccnc(N2CCCC2)c1)N1CCC2(CCOC2)C1. The lowest BCUT2D eigenvalue weighted by Crippen LogP contribution is -2.41. The molecule has 0 radical (unpaired) electrons. The van der Waals surface area contributed by atoms with Crippen LogP contribution in [0.4, 0.5) is 5.82 Å². The van der Waals surface area contributed by atoms with E-state index in [-0.39, 0.29) is 0 Å². The van der Waals surface area contributed by atoms with Gasteiger partial charge in [0.05, 0.1) is 6.61 Å². The number of rotatable bonds is 3. The van der Waals surface area contributed by atoms with Crippen LogP contribution >= 0.6 is 0 Å². The maximum Gasteiger partial charge on any atom is 0.193 e. The van der Waals surface area contributed by atoms with Gasteiger partial charge in [0, 0.05) is 58.0 Å². The molecule has 1 N–H and O–H groups in total. The first-order valence-corrected chi connectivity index (χ1v) is 9.51. The van der Waals surface area contributed by atoms with E-state index in [9.17, 15) is 0 Å². The molecule has 1 aromatic rings. The standard InChI is InChI=1S/C19H29N5O/c1-20-18(24-10-5-19(14-24)6-11-25-15-19)22-13-16-4-7-21-17(12-16)23-8-2-3-9-23/h4,7,12H,2-3,5-6,8-11,13-15H2,1H3,(H,20,22). The Morgan fingerprint density at radius 1 is 1.32 bits per heavy atom. The Balaban J connectivity index is 1.36. The summed E-state index contributed by atoms with van der Waals surface area (Å²) in [7, 11) is 1.88. The third-order valence-electron chi connectivity index (χ3n) is 5.83. The van der Waals surface area contributed by atoms with Crippen molar-refractivity contribution in [2.24, 2.45) is 10.4 Å². The van der Waals surface area contributed by atoms with Gasteiger partial charge in [-0.2, -0.15) is 0 Å². The molecule has 136 valence electrons. The molecule has 25 heavy (non-hydrogen) atoms. The fraction of sp³-hybridized carbons (Fsp3) is 0.684. The molecule has 0 aliphatic carbocycles. The number of nitrogens with one attached hydrogen (secondary N) is 1. The topological polar surface area (TPSA) is 53.0 Å². The Kier molecular flexibility index (Phi) is 4.79. The van der Waals surface area contributed by atoms with E-state index in [0.29, 0.717) is 5.41 Å². The molecule has 1 spiro atoms. The first-order chi connectivity index (χ1) is 12.3.